The molecule has 2 amide bonds. The third-order valence-electron chi connectivity index (χ3n) is 2.95. The molecule has 0 spiro atoms. The number of carbonyl (C=O) groups is 2. The zero-order valence-corrected chi connectivity index (χ0v) is 14.5. The van der Waals surface area contributed by atoms with Gasteiger partial charge in [-0.25, -0.2) is 13.1 Å². The number of nitrogens with one attached hydrogen (secondary N) is 3. The van der Waals surface area contributed by atoms with Crippen molar-refractivity contribution in [3.05, 3.63) is 47.3 Å². The molecule has 3 N–H and O–H groups in total. The van der Waals surface area contributed by atoms with Crippen molar-refractivity contribution >= 4 is 38.9 Å². The van der Waals surface area contributed by atoms with Crippen molar-refractivity contribution in [2.45, 2.75) is 11.1 Å². The highest BCUT2D eigenvalue weighted by atomic mass is 32.2. The van der Waals surface area contributed by atoms with E-state index in [1.54, 1.807) is 35.7 Å². The van der Waals surface area contributed by atoms with Crippen LogP contribution in [0.4, 0.5) is 5.69 Å². The van der Waals surface area contributed by atoms with Crippen LogP contribution in [0.2, 0.25) is 0 Å². The highest BCUT2D eigenvalue weighted by molar-refractivity contribution is 7.91. The van der Waals surface area contributed by atoms with Gasteiger partial charge in [0, 0.05) is 17.8 Å². The molecule has 0 saturated carbocycles. The van der Waals surface area contributed by atoms with E-state index in [4.69, 9.17) is 0 Å². The fourth-order valence-corrected chi connectivity index (χ4v) is 3.84. The molecule has 0 unspecified atom stereocenters. The molecular weight excluding hydrogens is 350 g/mol. The summed E-state index contributed by atoms with van der Waals surface area (Å²) >= 11 is 1.07. The van der Waals surface area contributed by atoms with Crippen molar-refractivity contribution < 1.29 is 18.0 Å². The van der Waals surface area contributed by atoms with Crippen LogP contribution in [-0.2, 0) is 14.8 Å². The predicted molar refractivity (Wildman–Crippen MR) is 92.6 cm³/mol. The van der Waals surface area contributed by atoms with E-state index in [-0.39, 0.29) is 16.7 Å². The Balaban J connectivity index is 1.90. The first-order valence-corrected chi connectivity index (χ1v) is 9.50. The van der Waals surface area contributed by atoms with Crippen molar-refractivity contribution in [1.29, 1.82) is 0 Å². The Hall–Kier alpha value is -2.23. The normalized spacial score (nSPS) is 11.0. The molecule has 0 bridgehead atoms. The lowest BCUT2D eigenvalue weighted by Crippen LogP contribution is -2.32. The van der Waals surface area contributed by atoms with Gasteiger partial charge in [0.25, 0.3) is 15.9 Å². The Morgan fingerprint density at radius 2 is 1.83 bits per heavy atom. The highest BCUT2D eigenvalue weighted by Crippen LogP contribution is 2.15. The molecular formula is C15H17N3O4S2. The fraction of sp³-hybridized carbons (Fsp3) is 0.200. The summed E-state index contributed by atoms with van der Waals surface area (Å²) in [5.41, 5.74) is 0.955. The average molecular weight is 367 g/mol. The Kier molecular flexibility index (Phi) is 6.07. The summed E-state index contributed by atoms with van der Waals surface area (Å²) in [5.74, 6) is -0.694. The van der Waals surface area contributed by atoms with E-state index in [1.807, 2.05) is 6.92 Å². The molecule has 2 rings (SSSR count). The summed E-state index contributed by atoms with van der Waals surface area (Å²) in [7, 11) is -3.67. The second-order valence-corrected chi connectivity index (χ2v) is 7.68. The molecule has 0 radical (unpaired) electrons. The number of carbonyl (C=O) groups excluding carboxylic acids is 2. The van der Waals surface area contributed by atoms with Crippen LogP contribution in [0.25, 0.3) is 0 Å². The lowest BCUT2D eigenvalue weighted by atomic mass is 10.2. The molecule has 128 valence electrons. The Morgan fingerprint density at radius 1 is 1.12 bits per heavy atom. The van der Waals surface area contributed by atoms with Gasteiger partial charge in [-0.2, -0.15) is 0 Å². The van der Waals surface area contributed by atoms with Crippen LogP contribution in [-0.4, -0.2) is 33.3 Å². The first kappa shape index (κ1) is 18.1. The quantitative estimate of drug-likeness (QED) is 0.688. The van der Waals surface area contributed by atoms with Crippen molar-refractivity contribution in [3.63, 3.8) is 0 Å². The number of anilines is 1. The van der Waals surface area contributed by atoms with Gasteiger partial charge >= 0.3 is 0 Å². The summed E-state index contributed by atoms with van der Waals surface area (Å²) < 4.78 is 26.2. The SMILES string of the molecule is CCNC(=O)c1ccc(NC(=O)CNS(=O)(=O)c2cccs2)cc1. The van der Waals surface area contributed by atoms with E-state index in [0.29, 0.717) is 17.8 Å². The monoisotopic (exact) mass is 367 g/mol. The molecule has 0 aliphatic heterocycles. The molecule has 1 aromatic carbocycles. The third-order valence-corrected chi connectivity index (χ3v) is 5.75. The van der Waals surface area contributed by atoms with Gasteiger partial charge in [0.2, 0.25) is 5.91 Å². The molecule has 0 saturated heterocycles. The maximum absolute atomic E-state index is 11.9. The van der Waals surface area contributed by atoms with Crippen molar-refractivity contribution in [1.82, 2.24) is 10.0 Å². The molecule has 24 heavy (non-hydrogen) atoms. The van der Waals surface area contributed by atoms with Crippen LogP contribution in [0.3, 0.4) is 0 Å². The molecule has 2 aromatic rings. The molecule has 1 heterocycles. The summed E-state index contributed by atoms with van der Waals surface area (Å²) in [6.07, 6.45) is 0. The molecule has 9 heteroatoms. The van der Waals surface area contributed by atoms with E-state index in [0.717, 1.165) is 11.3 Å². The van der Waals surface area contributed by atoms with Crippen molar-refractivity contribution in [3.8, 4) is 0 Å². The number of benzene rings is 1. The first-order chi connectivity index (χ1) is 11.4. The van der Waals surface area contributed by atoms with Gasteiger partial charge in [-0.3, -0.25) is 9.59 Å². The predicted octanol–water partition coefficient (Wildman–Crippen LogP) is 1.41. The third kappa shape index (κ3) is 4.88. The van der Waals surface area contributed by atoms with Crippen LogP contribution in [0.5, 0.6) is 0 Å². The first-order valence-electron chi connectivity index (χ1n) is 7.13. The molecule has 0 aliphatic carbocycles. The van der Waals surface area contributed by atoms with Crippen LogP contribution >= 0.6 is 11.3 Å². The summed E-state index contributed by atoms with van der Waals surface area (Å²) in [4.78, 5) is 23.5. The Bertz CT molecular complexity index is 800. The lowest BCUT2D eigenvalue weighted by molar-refractivity contribution is -0.115. The minimum Gasteiger partial charge on any atom is -0.352 e. The number of hydrogen-bond donors (Lipinski definition) is 3. The fourth-order valence-electron chi connectivity index (χ4n) is 1.82. The number of amides is 2. The van der Waals surface area contributed by atoms with Gasteiger partial charge in [0.05, 0.1) is 6.54 Å². The van der Waals surface area contributed by atoms with Gasteiger partial charge in [0.1, 0.15) is 4.21 Å². The topological polar surface area (TPSA) is 104 Å². The average Bonchev–Trinajstić information content (AvgIpc) is 3.09. The van der Waals surface area contributed by atoms with Crippen molar-refractivity contribution in [2.24, 2.45) is 0 Å². The minimum atomic E-state index is -3.67. The van der Waals surface area contributed by atoms with Gasteiger partial charge in [0.15, 0.2) is 0 Å². The van der Waals surface area contributed by atoms with Gasteiger partial charge in [-0.15, -0.1) is 11.3 Å². The van der Waals surface area contributed by atoms with E-state index < -0.39 is 15.9 Å². The van der Waals surface area contributed by atoms with E-state index in [1.165, 1.54) is 6.07 Å². The van der Waals surface area contributed by atoms with Crippen LogP contribution in [0, 0.1) is 0 Å². The standard InChI is InChI=1S/C15H17N3O4S2/c1-2-16-15(20)11-5-7-12(8-6-11)18-13(19)10-17-24(21,22)14-4-3-9-23-14/h3-9,17H,2,10H2,1H3,(H,16,20)(H,18,19). The number of rotatable bonds is 7. The number of hydrogen-bond acceptors (Lipinski definition) is 5. The van der Waals surface area contributed by atoms with Crippen molar-refractivity contribution in [2.75, 3.05) is 18.4 Å². The largest absolute Gasteiger partial charge is 0.352 e. The molecule has 0 fully saturated rings. The molecule has 0 atom stereocenters. The summed E-state index contributed by atoms with van der Waals surface area (Å²) in [5, 5.41) is 6.88. The second kappa shape index (κ2) is 8.04. The maximum atomic E-state index is 11.9. The summed E-state index contributed by atoms with van der Waals surface area (Å²) in [6.45, 7) is 1.98. The Labute approximate surface area is 144 Å². The van der Waals surface area contributed by atoms with Crippen LogP contribution < -0.4 is 15.4 Å². The van der Waals surface area contributed by atoms with Crippen LogP contribution in [0.1, 0.15) is 17.3 Å². The van der Waals surface area contributed by atoms with Gasteiger partial charge in [-0.1, -0.05) is 6.07 Å². The second-order valence-electron chi connectivity index (χ2n) is 4.74. The van der Waals surface area contributed by atoms with E-state index in [9.17, 15) is 18.0 Å². The number of sulfonamides is 1. The lowest BCUT2D eigenvalue weighted by Gasteiger charge is -2.08. The zero-order chi connectivity index (χ0) is 17.6. The van der Waals surface area contributed by atoms with Gasteiger partial charge < -0.3 is 10.6 Å². The highest BCUT2D eigenvalue weighted by Gasteiger charge is 2.16. The Morgan fingerprint density at radius 3 is 2.42 bits per heavy atom. The maximum Gasteiger partial charge on any atom is 0.251 e. The minimum absolute atomic E-state index is 0.154. The molecule has 7 nitrogen and oxygen atoms in total. The van der Waals surface area contributed by atoms with Gasteiger partial charge in [-0.05, 0) is 42.6 Å². The van der Waals surface area contributed by atoms with E-state index >= 15 is 0 Å². The molecule has 1 aromatic heterocycles. The zero-order valence-electron chi connectivity index (χ0n) is 12.9. The van der Waals surface area contributed by atoms with E-state index in [2.05, 4.69) is 15.4 Å². The van der Waals surface area contributed by atoms with Crippen LogP contribution in [0.15, 0.2) is 46.0 Å². The summed E-state index contributed by atoms with van der Waals surface area (Å²) in [6, 6.07) is 9.40. The smallest absolute Gasteiger partial charge is 0.251 e. The number of thiophene rings is 1. The molecule has 0 aliphatic rings.